The fourth-order valence-corrected chi connectivity index (χ4v) is 4.09. The summed E-state index contributed by atoms with van der Waals surface area (Å²) in [7, 11) is 4.58. The second-order valence-electron chi connectivity index (χ2n) is 6.40. The average molecular weight is 435 g/mol. The van der Waals surface area contributed by atoms with Crippen LogP contribution in [0.3, 0.4) is 0 Å². The third kappa shape index (κ3) is 4.62. The second kappa shape index (κ2) is 9.41. The van der Waals surface area contributed by atoms with E-state index >= 15 is 0 Å². The number of hydrogen-bond acceptors (Lipinski definition) is 6. The number of hydrogen-bond donors (Lipinski definition) is 0. The Bertz CT molecular complexity index is 923. The summed E-state index contributed by atoms with van der Waals surface area (Å²) in [4.78, 5) is 19.7. The van der Waals surface area contributed by atoms with Crippen LogP contribution in [0.15, 0.2) is 35.3 Å². The summed E-state index contributed by atoms with van der Waals surface area (Å²) >= 11 is 7.78. The van der Waals surface area contributed by atoms with Crippen molar-refractivity contribution in [2.24, 2.45) is 4.99 Å². The van der Waals surface area contributed by atoms with Gasteiger partial charge in [0, 0.05) is 22.9 Å². The predicted octanol–water partition coefficient (Wildman–Crippen LogP) is 4.94. The van der Waals surface area contributed by atoms with Crippen LogP contribution in [0.5, 0.6) is 17.2 Å². The molecule has 1 saturated heterocycles. The summed E-state index contributed by atoms with van der Waals surface area (Å²) in [6.07, 6.45) is 0.883. The molecule has 0 spiro atoms. The van der Waals surface area contributed by atoms with Gasteiger partial charge in [-0.2, -0.15) is 0 Å². The van der Waals surface area contributed by atoms with E-state index in [1.807, 2.05) is 19.1 Å². The standard InChI is InChI=1S/C21H23ClN2O4S/c1-13-6-7-15(12-16(13)22)23-21-24(8-5-9-29-21)20(25)14-10-17(26-2)19(28-4)18(11-14)27-3/h6-7,10-12H,5,8-9H2,1-4H3. The van der Waals surface area contributed by atoms with Crippen LogP contribution in [-0.2, 0) is 0 Å². The highest BCUT2D eigenvalue weighted by Crippen LogP contribution is 2.39. The molecule has 1 aliphatic heterocycles. The van der Waals surface area contributed by atoms with Gasteiger partial charge in [-0.3, -0.25) is 9.69 Å². The van der Waals surface area contributed by atoms with Crippen molar-refractivity contribution in [3.8, 4) is 17.2 Å². The maximum absolute atomic E-state index is 13.3. The Labute approximate surface area is 179 Å². The van der Waals surface area contributed by atoms with Gasteiger partial charge >= 0.3 is 0 Å². The molecule has 0 atom stereocenters. The first-order chi connectivity index (χ1) is 14.0. The Balaban J connectivity index is 1.97. The van der Waals surface area contributed by atoms with Crippen molar-refractivity contribution in [2.75, 3.05) is 33.6 Å². The van der Waals surface area contributed by atoms with Crippen LogP contribution in [0, 0.1) is 6.92 Å². The van der Waals surface area contributed by atoms with Gasteiger partial charge in [0.05, 0.1) is 27.0 Å². The largest absolute Gasteiger partial charge is 0.493 e. The molecule has 3 rings (SSSR count). The van der Waals surface area contributed by atoms with Gasteiger partial charge in [-0.15, -0.1) is 0 Å². The summed E-state index contributed by atoms with van der Waals surface area (Å²) in [5.74, 6) is 2.04. The van der Waals surface area contributed by atoms with E-state index in [-0.39, 0.29) is 5.91 Å². The van der Waals surface area contributed by atoms with Crippen molar-refractivity contribution in [2.45, 2.75) is 13.3 Å². The first-order valence-corrected chi connectivity index (χ1v) is 10.4. The number of amidine groups is 1. The zero-order valence-electron chi connectivity index (χ0n) is 16.8. The average Bonchev–Trinajstić information content (AvgIpc) is 2.75. The van der Waals surface area contributed by atoms with Gasteiger partial charge in [0.15, 0.2) is 16.7 Å². The molecule has 1 amide bonds. The van der Waals surface area contributed by atoms with E-state index < -0.39 is 0 Å². The molecule has 0 unspecified atom stereocenters. The Hall–Kier alpha value is -2.38. The molecule has 154 valence electrons. The summed E-state index contributed by atoms with van der Waals surface area (Å²) in [5.41, 5.74) is 2.14. The fourth-order valence-electron chi connectivity index (χ4n) is 2.96. The molecular formula is C21H23ClN2O4S. The molecule has 0 aliphatic carbocycles. The quantitative estimate of drug-likeness (QED) is 0.666. The Kier molecular flexibility index (Phi) is 6.92. The normalized spacial score (nSPS) is 15.3. The molecule has 6 nitrogen and oxygen atoms in total. The molecule has 2 aromatic rings. The van der Waals surface area contributed by atoms with Gasteiger partial charge < -0.3 is 14.2 Å². The number of nitrogens with zero attached hydrogens (tertiary/aromatic N) is 2. The number of aliphatic imine (C=N–C) groups is 1. The molecule has 1 heterocycles. The van der Waals surface area contributed by atoms with Crippen molar-refractivity contribution in [3.05, 3.63) is 46.5 Å². The number of carbonyl (C=O) groups excluding carboxylic acids is 1. The lowest BCUT2D eigenvalue weighted by Gasteiger charge is -2.28. The molecule has 0 saturated carbocycles. The Morgan fingerprint density at radius 3 is 2.38 bits per heavy atom. The van der Waals surface area contributed by atoms with Crippen molar-refractivity contribution >= 4 is 40.1 Å². The molecule has 0 bridgehead atoms. The molecule has 0 N–H and O–H groups in total. The molecule has 0 aromatic heterocycles. The van der Waals surface area contributed by atoms with Crippen LogP contribution >= 0.6 is 23.4 Å². The van der Waals surface area contributed by atoms with Gasteiger partial charge in [-0.05, 0) is 43.2 Å². The monoisotopic (exact) mass is 434 g/mol. The fraction of sp³-hybridized carbons (Fsp3) is 0.333. The highest BCUT2D eigenvalue weighted by molar-refractivity contribution is 8.13. The van der Waals surface area contributed by atoms with Gasteiger partial charge in [0.25, 0.3) is 5.91 Å². The number of amides is 1. The molecule has 0 radical (unpaired) electrons. The predicted molar refractivity (Wildman–Crippen MR) is 117 cm³/mol. The highest BCUT2D eigenvalue weighted by atomic mass is 35.5. The van der Waals surface area contributed by atoms with E-state index in [2.05, 4.69) is 4.99 Å². The minimum Gasteiger partial charge on any atom is -0.493 e. The molecule has 1 fully saturated rings. The number of ether oxygens (including phenoxy) is 3. The molecule has 8 heteroatoms. The van der Waals surface area contributed by atoms with E-state index in [4.69, 9.17) is 25.8 Å². The van der Waals surface area contributed by atoms with Crippen molar-refractivity contribution in [1.82, 2.24) is 4.90 Å². The first-order valence-electron chi connectivity index (χ1n) is 9.08. The van der Waals surface area contributed by atoms with Crippen LogP contribution in [0.4, 0.5) is 5.69 Å². The van der Waals surface area contributed by atoms with E-state index in [1.54, 1.807) is 34.9 Å². The third-order valence-corrected chi connectivity index (χ3v) is 5.99. The van der Waals surface area contributed by atoms with Crippen LogP contribution < -0.4 is 14.2 Å². The topological polar surface area (TPSA) is 60.4 Å². The third-order valence-electron chi connectivity index (χ3n) is 4.53. The van der Waals surface area contributed by atoms with Gasteiger partial charge in [0.2, 0.25) is 5.75 Å². The van der Waals surface area contributed by atoms with Crippen molar-refractivity contribution in [3.63, 3.8) is 0 Å². The van der Waals surface area contributed by atoms with Crippen LogP contribution in [0.25, 0.3) is 0 Å². The maximum atomic E-state index is 13.3. The molecular weight excluding hydrogens is 412 g/mol. The number of thioether (sulfide) groups is 1. The lowest BCUT2D eigenvalue weighted by Crippen LogP contribution is -2.39. The number of halogens is 1. The Morgan fingerprint density at radius 2 is 1.79 bits per heavy atom. The van der Waals surface area contributed by atoms with E-state index in [0.717, 1.165) is 17.7 Å². The van der Waals surface area contributed by atoms with E-state index in [9.17, 15) is 4.79 Å². The smallest absolute Gasteiger partial charge is 0.260 e. The number of benzene rings is 2. The summed E-state index contributed by atoms with van der Waals surface area (Å²) in [5, 5.41) is 1.30. The number of aryl methyl sites for hydroxylation is 1. The number of carbonyl (C=O) groups is 1. The summed E-state index contributed by atoms with van der Waals surface area (Å²) < 4.78 is 16.1. The SMILES string of the molecule is COc1cc(C(=O)N2CCCSC2=Nc2ccc(C)c(Cl)c2)cc(OC)c1OC. The maximum Gasteiger partial charge on any atom is 0.260 e. The highest BCUT2D eigenvalue weighted by Gasteiger charge is 2.27. The van der Waals surface area contributed by atoms with Crippen LogP contribution in [-0.4, -0.2) is 49.6 Å². The summed E-state index contributed by atoms with van der Waals surface area (Å²) in [6, 6.07) is 8.93. The number of rotatable bonds is 5. The van der Waals surface area contributed by atoms with Crippen molar-refractivity contribution in [1.29, 1.82) is 0 Å². The lowest BCUT2D eigenvalue weighted by molar-refractivity contribution is 0.0848. The van der Waals surface area contributed by atoms with Crippen LogP contribution in [0.2, 0.25) is 5.02 Å². The van der Waals surface area contributed by atoms with Gasteiger partial charge in [0.1, 0.15) is 0 Å². The minimum absolute atomic E-state index is 0.173. The summed E-state index contributed by atoms with van der Waals surface area (Å²) in [6.45, 7) is 2.52. The molecule has 1 aliphatic rings. The zero-order valence-corrected chi connectivity index (χ0v) is 18.4. The van der Waals surface area contributed by atoms with Crippen molar-refractivity contribution < 1.29 is 19.0 Å². The zero-order chi connectivity index (χ0) is 21.0. The van der Waals surface area contributed by atoms with E-state index in [1.165, 1.54) is 21.3 Å². The van der Waals surface area contributed by atoms with Gasteiger partial charge in [-0.1, -0.05) is 29.4 Å². The number of methoxy groups -OCH3 is 3. The molecule has 29 heavy (non-hydrogen) atoms. The van der Waals surface area contributed by atoms with Crippen LogP contribution in [0.1, 0.15) is 22.3 Å². The Morgan fingerprint density at radius 1 is 1.10 bits per heavy atom. The molecule has 2 aromatic carbocycles. The lowest BCUT2D eigenvalue weighted by atomic mass is 10.1. The second-order valence-corrected chi connectivity index (χ2v) is 7.87. The van der Waals surface area contributed by atoms with E-state index in [0.29, 0.717) is 45.2 Å². The first kappa shape index (κ1) is 21.3. The minimum atomic E-state index is -0.173. The van der Waals surface area contributed by atoms with Gasteiger partial charge in [-0.25, -0.2) is 4.99 Å².